The summed E-state index contributed by atoms with van der Waals surface area (Å²) in [6.45, 7) is 6.18. The smallest absolute Gasteiger partial charge is 0.408 e. The number of amides is 1. The number of ether oxygens (including phenoxy) is 2. The van der Waals surface area contributed by atoms with Crippen molar-refractivity contribution in [2.75, 3.05) is 13.2 Å². The summed E-state index contributed by atoms with van der Waals surface area (Å²) in [7, 11) is 0. The van der Waals surface area contributed by atoms with Gasteiger partial charge in [0.15, 0.2) is 5.78 Å². The summed E-state index contributed by atoms with van der Waals surface area (Å²) in [5.41, 5.74) is -0.537. The van der Waals surface area contributed by atoms with Gasteiger partial charge in [-0.3, -0.25) is 4.79 Å². The maximum Gasteiger partial charge on any atom is 0.408 e. The predicted molar refractivity (Wildman–Crippen MR) is 67.5 cm³/mol. The Balaban J connectivity index is 2.10. The van der Waals surface area contributed by atoms with Crippen molar-refractivity contribution in [1.82, 2.24) is 5.32 Å². The Labute approximate surface area is 108 Å². The third kappa shape index (κ3) is 6.59. The highest BCUT2D eigenvalue weighted by Crippen LogP contribution is 2.16. The predicted octanol–water partition coefficient (Wildman–Crippen LogP) is 2.04. The molecule has 0 bridgehead atoms. The number of ketones is 1. The van der Waals surface area contributed by atoms with Gasteiger partial charge < -0.3 is 14.8 Å². The number of Topliss-reactive ketones (excluding diaryl/α,β-unsaturated/α-hetero) is 1. The molecule has 1 heterocycles. The average Bonchev–Trinajstić information content (AvgIpc) is 2.74. The standard InChI is InChI=1S/C13H23NO4/c1-13(2,3)18-12(16)14-9-10(15)6-7-11-5-4-8-17-11/h11H,4-9H2,1-3H3,(H,14,16). The van der Waals surface area contributed by atoms with Crippen LogP contribution in [0.4, 0.5) is 4.79 Å². The van der Waals surface area contributed by atoms with Gasteiger partial charge in [0.25, 0.3) is 0 Å². The molecule has 5 heteroatoms. The maximum atomic E-state index is 11.5. The van der Waals surface area contributed by atoms with E-state index in [4.69, 9.17) is 9.47 Å². The number of carbonyl (C=O) groups excluding carboxylic acids is 2. The molecule has 1 fully saturated rings. The summed E-state index contributed by atoms with van der Waals surface area (Å²) in [4.78, 5) is 22.9. The van der Waals surface area contributed by atoms with Crippen molar-refractivity contribution in [3.05, 3.63) is 0 Å². The second kappa shape index (κ2) is 6.73. The van der Waals surface area contributed by atoms with Crippen LogP contribution in [0.15, 0.2) is 0 Å². The average molecular weight is 257 g/mol. The van der Waals surface area contributed by atoms with Crippen molar-refractivity contribution >= 4 is 11.9 Å². The fraction of sp³-hybridized carbons (Fsp3) is 0.846. The normalized spacial score (nSPS) is 19.6. The van der Waals surface area contributed by atoms with Crippen molar-refractivity contribution in [3.63, 3.8) is 0 Å². The van der Waals surface area contributed by atoms with Gasteiger partial charge in [0.1, 0.15) is 5.60 Å². The molecule has 104 valence electrons. The molecule has 0 spiro atoms. The van der Waals surface area contributed by atoms with Gasteiger partial charge in [0, 0.05) is 13.0 Å². The molecule has 0 aliphatic carbocycles. The van der Waals surface area contributed by atoms with E-state index in [0.29, 0.717) is 6.42 Å². The summed E-state index contributed by atoms with van der Waals surface area (Å²) >= 11 is 0. The molecule has 18 heavy (non-hydrogen) atoms. The quantitative estimate of drug-likeness (QED) is 0.818. The van der Waals surface area contributed by atoms with E-state index in [0.717, 1.165) is 25.9 Å². The Kier molecular flexibility index (Phi) is 5.59. The van der Waals surface area contributed by atoms with Crippen LogP contribution in [-0.4, -0.2) is 36.7 Å². The molecule has 1 rings (SSSR count). The summed E-state index contributed by atoms with van der Waals surface area (Å²) in [6.07, 6.45) is 2.97. The summed E-state index contributed by atoms with van der Waals surface area (Å²) in [5, 5.41) is 2.46. The van der Waals surface area contributed by atoms with E-state index in [-0.39, 0.29) is 18.4 Å². The highest BCUT2D eigenvalue weighted by atomic mass is 16.6. The van der Waals surface area contributed by atoms with Gasteiger partial charge in [-0.1, -0.05) is 0 Å². The van der Waals surface area contributed by atoms with Crippen LogP contribution < -0.4 is 5.32 Å². The second-order valence-electron chi connectivity index (χ2n) is 5.57. The molecule has 0 aromatic rings. The van der Waals surface area contributed by atoms with Gasteiger partial charge in [0.2, 0.25) is 0 Å². The molecular formula is C13H23NO4. The van der Waals surface area contributed by atoms with Crippen molar-refractivity contribution in [2.45, 2.75) is 58.2 Å². The minimum Gasteiger partial charge on any atom is -0.444 e. The van der Waals surface area contributed by atoms with Crippen LogP contribution in [0.1, 0.15) is 46.5 Å². The fourth-order valence-electron chi connectivity index (χ4n) is 1.77. The van der Waals surface area contributed by atoms with Crippen molar-refractivity contribution < 1.29 is 19.1 Å². The summed E-state index contributed by atoms with van der Waals surface area (Å²) in [6, 6.07) is 0. The number of hydrogen-bond donors (Lipinski definition) is 1. The molecule has 0 aromatic heterocycles. The number of hydrogen-bond acceptors (Lipinski definition) is 4. The van der Waals surface area contributed by atoms with Gasteiger partial charge in [0.05, 0.1) is 12.6 Å². The highest BCUT2D eigenvalue weighted by molar-refractivity contribution is 5.83. The molecule has 0 radical (unpaired) electrons. The van der Waals surface area contributed by atoms with E-state index < -0.39 is 11.7 Å². The first-order valence-corrected chi connectivity index (χ1v) is 6.47. The van der Waals surface area contributed by atoms with Crippen LogP contribution in [0.25, 0.3) is 0 Å². The largest absolute Gasteiger partial charge is 0.444 e. The van der Waals surface area contributed by atoms with E-state index in [1.807, 2.05) is 0 Å². The van der Waals surface area contributed by atoms with E-state index in [2.05, 4.69) is 5.32 Å². The molecular weight excluding hydrogens is 234 g/mol. The van der Waals surface area contributed by atoms with Crippen LogP contribution in [-0.2, 0) is 14.3 Å². The maximum absolute atomic E-state index is 11.5. The topological polar surface area (TPSA) is 64.6 Å². The van der Waals surface area contributed by atoms with Crippen LogP contribution in [0.3, 0.4) is 0 Å². The molecule has 1 aliphatic heterocycles. The van der Waals surface area contributed by atoms with Gasteiger partial charge in [-0.15, -0.1) is 0 Å². The second-order valence-corrected chi connectivity index (χ2v) is 5.57. The van der Waals surface area contributed by atoms with Crippen molar-refractivity contribution in [1.29, 1.82) is 0 Å². The molecule has 1 saturated heterocycles. The van der Waals surface area contributed by atoms with Gasteiger partial charge in [-0.2, -0.15) is 0 Å². The first kappa shape index (κ1) is 15.0. The lowest BCUT2D eigenvalue weighted by Gasteiger charge is -2.19. The summed E-state index contributed by atoms with van der Waals surface area (Å²) in [5.74, 6) is 0.0105. The third-order valence-corrected chi connectivity index (χ3v) is 2.60. The number of carbonyl (C=O) groups is 2. The Morgan fingerprint density at radius 3 is 2.67 bits per heavy atom. The SMILES string of the molecule is CC(C)(C)OC(=O)NCC(=O)CCC1CCCO1. The first-order chi connectivity index (χ1) is 8.37. The lowest BCUT2D eigenvalue weighted by molar-refractivity contribution is -0.118. The lowest BCUT2D eigenvalue weighted by atomic mass is 10.1. The zero-order valence-corrected chi connectivity index (χ0v) is 11.5. The molecule has 1 atom stereocenters. The highest BCUT2D eigenvalue weighted by Gasteiger charge is 2.18. The van der Waals surface area contributed by atoms with E-state index >= 15 is 0 Å². The zero-order chi connectivity index (χ0) is 13.6. The fourth-order valence-corrected chi connectivity index (χ4v) is 1.77. The molecule has 1 amide bonds. The van der Waals surface area contributed by atoms with Crippen LogP contribution in [0.5, 0.6) is 0 Å². The molecule has 1 unspecified atom stereocenters. The first-order valence-electron chi connectivity index (χ1n) is 6.47. The molecule has 5 nitrogen and oxygen atoms in total. The van der Waals surface area contributed by atoms with Crippen molar-refractivity contribution in [3.8, 4) is 0 Å². The van der Waals surface area contributed by atoms with Crippen LogP contribution in [0.2, 0.25) is 0 Å². The van der Waals surface area contributed by atoms with Crippen LogP contribution >= 0.6 is 0 Å². The monoisotopic (exact) mass is 257 g/mol. The van der Waals surface area contributed by atoms with Gasteiger partial charge in [-0.05, 0) is 40.0 Å². The lowest BCUT2D eigenvalue weighted by Crippen LogP contribution is -2.35. The minimum atomic E-state index is -0.548. The molecule has 1 aliphatic rings. The number of rotatable bonds is 5. The number of alkyl carbamates (subject to hydrolysis) is 1. The zero-order valence-electron chi connectivity index (χ0n) is 11.5. The molecule has 0 aromatic carbocycles. The molecule has 0 saturated carbocycles. The Hall–Kier alpha value is -1.10. The number of nitrogens with one attached hydrogen (secondary N) is 1. The van der Waals surface area contributed by atoms with Crippen molar-refractivity contribution in [2.24, 2.45) is 0 Å². The Morgan fingerprint density at radius 1 is 1.39 bits per heavy atom. The van der Waals surface area contributed by atoms with Gasteiger partial charge >= 0.3 is 6.09 Å². The van der Waals surface area contributed by atoms with E-state index in [1.54, 1.807) is 20.8 Å². The third-order valence-electron chi connectivity index (χ3n) is 2.60. The van der Waals surface area contributed by atoms with Crippen LogP contribution in [0, 0.1) is 0 Å². The Morgan fingerprint density at radius 2 is 2.11 bits per heavy atom. The molecule has 1 N–H and O–H groups in total. The van der Waals surface area contributed by atoms with Gasteiger partial charge in [-0.25, -0.2) is 4.79 Å². The van der Waals surface area contributed by atoms with E-state index in [1.165, 1.54) is 0 Å². The summed E-state index contributed by atoms with van der Waals surface area (Å²) < 4.78 is 10.5. The van der Waals surface area contributed by atoms with E-state index in [9.17, 15) is 9.59 Å². The Bertz CT molecular complexity index is 290. The minimum absolute atomic E-state index is 0.0105.